The van der Waals surface area contributed by atoms with Crippen LogP contribution >= 0.6 is 0 Å². The number of amides is 1. The van der Waals surface area contributed by atoms with Crippen LogP contribution in [-0.2, 0) is 0 Å². The van der Waals surface area contributed by atoms with Gasteiger partial charge in [-0.1, -0.05) is 13.8 Å². The van der Waals surface area contributed by atoms with E-state index in [2.05, 4.69) is 5.32 Å². The summed E-state index contributed by atoms with van der Waals surface area (Å²) in [7, 11) is 1.49. The molecule has 0 aliphatic rings. The van der Waals surface area contributed by atoms with E-state index in [1.807, 2.05) is 13.8 Å². The third-order valence-corrected chi connectivity index (χ3v) is 2.63. The minimum atomic E-state index is -0.350. The van der Waals surface area contributed by atoms with Crippen molar-refractivity contribution in [2.24, 2.45) is 5.41 Å². The van der Waals surface area contributed by atoms with Crippen molar-refractivity contribution in [3.05, 3.63) is 23.8 Å². The average Bonchev–Trinajstić information content (AvgIpc) is 2.36. The maximum absolute atomic E-state index is 12.0. The maximum atomic E-state index is 12.0. The minimum absolute atomic E-state index is 0.00610. The molecular formula is C13H20N2O3. The van der Waals surface area contributed by atoms with E-state index in [1.54, 1.807) is 18.2 Å². The zero-order valence-electron chi connectivity index (χ0n) is 11.0. The SMILES string of the molecule is COc1cc(N)ccc1C(=O)NCC(C)(C)CO. The first kappa shape index (κ1) is 14.3. The van der Waals surface area contributed by atoms with Gasteiger partial charge in [0, 0.05) is 30.3 Å². The number of benzene rings is 1. The third-order valence-electron chi connectivity index (χ3n) is 2.63. The molecule has 1 aromatic rings. The molecule has 0 unspecified atom stereocenters. The summed E-state index contributed by atoms with van der Waals surface area (Å²) in [6, 6.07) is 4.87. The number of hydrogen-bond donors (Lipinski definition) is 3. The molecule has 0 saturated heterocycles. The largest absolute Gasteiger partial charge is 0.496 e. The molecule has 100 valence electrons. The van der Waals surface area contributed by atoms with Crippen molar-refractivity contribution in [3.8, 4) is 5.75 Å². The number of nitrogens with two attached hydrogens (primary N) is 1. The number of anilines is 1. The number of hydrogen-bond acceptors (Lipinski definition) is 4. The fraction of sp³-hybridized carbons (Fsp3) is 0.462. The Bertz CT molecular complexity index is 430. The molecule has 0 aliphatic carbocycles. The number of ether oxygens (including phenoxy) is 1. The van der Waals surface area contributed by atoms with E-state index < -0.39 is 0 Å². The first-order valence-corrected chi connectivity index (χ1v) is 5.72. The highest BCUT2D eigenvalue weighted by Crippen LogP contribution is 2.21. The van der Waals surface area contributed by atoms with Crippen LogP contribution in [0.25, 0.3) is 0 Å². The number of methoxy groups -OCH3 is 1. The molecule has 0 saturated carbocycles. The van der Waals surface area contributed by atoms with Crippen LogP contribution in [0.3, 0.4) is 0 Å². The number of aliphatic hydroxyl groups excluding tert-OH is 1. The zero-order valence-corrected chi connectivity index (χ0v) is 11.0. The molecule has 18 heavy (non-hydrogen) atoms. The molecule has 0 radical (unpaired) electrons. The Hall–Kier alpha value is -1.75. The minimum Gasteiger partial charge on any atom is -0.496 e. The van der Waals surface area contributed by atoms with E-state index in [4.69, 9.17) is 15.6 Å². The summed E-state index contributed by atoms with van der Waals surface area (Å²) in [4.78, 5) is 12.0. The number of nitrogen functional groups attached to an aromatic ring is 1. The van der Waals surface area contributed by atoms with Crippen molar-refractivity contribution in [1.82, 2.24) is 5.32 Å². The second kappa shape index (κ2) is 5.73. The predicted octanol–water partition coefficient (Wildman–Crippen LogP) is 1.03. The lowest BCUT2D eigenvalue weighted by Crippen LogP contribution is -2.36. The van der Waals surface area contributed by atoms with E-state index in [0.29, 0.717) is 23.5 Å². The lowest BCUT2D eigenvalue weighted by atomic mass is 9.95. The van der Waals surface area contributed by atoms with E-state index in [1.165, 1.54) is 7.11 Å². The molecule has 5 nitrogen and oxygen atoms in total. The molecule has 1 amide bonds. The Morgan fingerprint density at radius 1 is 1.50 bits per heavy atom. The summed E-state index contributed by atoms with van der Waals surface area (Å²) >= 11 is 0. The van der Waals surface area contributed by atoms with E-state index in [9.17, 15) is 4.79 Å². The van der Waals surface area contributed by atoms with Crippen LogP contribution in [0.1, 0.15) is 24.2 Å². The normalized spacial score (nSPS) is 11.1. The lowest BCUT2D eigenvalue weighted by Gasteiger charge is -2.22. The van der Waals surface area contributed by atoms with Crippen LogP contribution in [0.5, 0.6) is 5.75 Å². The van der Waals surface area contributed by atoms with Gasteiger partial charge in [0.2, 0.25) is 0 Å². The second-order valence-corrected chi connectivity index (χ2v) is 4.96. The topological polar surface area (TPSA) is 84.6 Å². The van der Waals surface area contributed by atoms with Crippen LogP contribution in [0.15, 0.2) is 18.2 Å². The summed E-state index contributed by atoms with van der Waals surface area (Å²) in [5, 5.41) is 11.9. The third kappa shape index (κ3) is 3.63. The summed E-state index contributed by atoms with van der Waals surface area (Å²) in [6.07, 6.45) is 0. The monoisotopic (exact) mass is 252 g/mol. The van der Waals surface area contributed by atoms with Gasteiger partial charge in [-0.3, -0.25) is 4.79 Å². The predicted molar refractivity (Wildman–Crippen MR) is 70.6 cm³/mol. The van der Waals surface area contributed by atoms with Gasteiger partial charge in [0.15, 0.2) is 0 Å². The lowest BCUT2D eigenvalue weighted by molar-refractivity contribution is 0.0908. The quantitative estimate of drug-likeness (QED) is 0.683. The van der Waals surface area contributed by atoms with Gasteiger partial charge in [-0.15, -0.1) is 0 Å². The Kier molecular flexibility index (Phi) is 4.55. The standard InChI is InChI=1S/C13H20N2O3/c1-13(2,8-16)7-15-12(17)10-5-4-9(14)6-11(10)18-3/h4-6,16H,7-8,14H2,1-3H3,(H,15,17). The average molecular weight is 252 g/mol. The first-order valence-electron chi connectivity index (χ1n) is 5.72. The Morgan fingerprint density at radius 2 is 2.17 bits per heavy atom. The van der Waals surface area contributed by atoms with Gasteiger partial charge in [-0.25, -0.2) is 0 Å². The number of nitrogens with one attached hydrogen (secondary N) is 1. The molecule has 0 heterocycles. The van der Waals surface area contributed by atoms with Crippen molar-refractivity contribution in [2.45, 2.75) is 13.8 Å². The van der Waals surface area contributed by atoms with E-state index in [-0.39, 0.29) is 17.9 Å². The molecule has 5 heteroatoms. The van der Waals surface area contributed by atoms with Crippen molar-refractivity contribution in [1.29, 1.82) is 0 Å². The Balaban J connectivity index is 2.79. The maximum Gasteiger partial charge on any atom is 0.255 e. The van der Waals surface area contributed by atoms with Gasteiger partial charge in [0.05, 0.1) is 12.7 Å². The van der Waals surface area contributed by atoms with Crippen LogP contribution in [0.2, 0.25) is 0 Å². The smallest absolute Gasteiger partial charge is 0.255 e. The molecule has 0 aromatic heterocycles. The van der Waals surface area contributed by atoms with E-state index >= 15 is 0 Å². The fourth-order valence-corrected chi connectivity index (χ4v) is 1.37. The van der Waals surface area contributed by atoms with Crippen LogP contribution < -0.4 is 15.8 Å². The summed E-state index contributed by atoms with van der Waals surface area (Å²) < 4.78 is 5.12. The highest BCUT2D eigenvalue weighted by Gasteiger charge is 2.19. The summed E-state index contributed by atoms with van der Waals surface area (Å²) in [5.41, 5.74) is 6.24. The Labute approximate surface area is 107 Å². The second-order valence-electron chi connectivity index (χ2n) is 4.96. The number of carbonyl (C=O) groups excluding carboxylic acids is 1. The highest BCUT2D eigenvalue weighted by molar-refractivity contribution is 5.97. The molecule has 0 fully saturated rings. The molecule has 4 N–H and O–H groups in total. The van der Waals surface area contributed by atoms with Crippen LogP contribution in [-0.4, -0.2) is 31.3 Å². The Morgan fingerprint density at radius 3 is 2.72 bits per heavy atom. The molecule has 1 rings (SSSR count). The molecular weight excluding hydrogens is 232 g/mol. The van der Waals surface area contributed by atoms with Crippen molar-refractivity contribution >= 4 is 11.6 Å². The molecule has 0 atom stereocenters. The van der Waals surface area contributed by atoms with Crippen molar-refractivity contribution in [2.75, 3.05) is 26.0 Å². The van der Waals surface area contributed by atoms with Crippen molar-refractivity contribution < 1.29 is 14.6 Å². The molecule has 0 spiro atoms. The number of rotatable bonds is 5. The highest BCUT2D eigenvalue weighted by atomic mass is 16.5. The van der Waals surface area contributed by atoms with E-state index in [0.717, 1.165) is 0 Å². The van der Waals surface area contributed by atoms with Gasteiger partial charge in [-0.2, -0.15) is 0 Å². The van der Waals surface area contributed by atoms with Gasteiger partial charge in [0.1, 0.15) is 5.75 Å². The van der Waals surface area contributed by atoms with Crippen molar-refractivity contribution in [3.63, 3.8) is 0 Å². The van der Waals surface area contributed by atoms with Crippen LogP contribution in [0.4, 0.5) is 5.69 Å². The van der Waals surface area contributed by atoms with Gasteiger partial charge >= 0.3 is 0 Å². The molecule has 0 aliphatic heterocycles. The van der Waals surface area contributed by atoms with Crippen LogP contribution in [0, 0.1) is 5.41 Å². The number of aliphatic hydroxyl groups is 1. The molecule has 1 aromatic carbocycles. The van der Waals surface area contributed by atoms with Gasteiger partial charge in [-0.05, 0) is 12.1 Å². The first-order chi connectivity index (χ1) is 8.39. The summed E-state index contributed by atoms with van der Waals surface area (Å²) in [5.74, 6) is 0.197. The summed E-state index contributed by atoms with van der Waals surface area (Å²) in [6.45, 7) is 4.13. The van der Waals surface area contributed by atoms with Gasteiger partial charge < -0.3 is 20.9 Å². The molecule has 0 bridgehead atoms. The number of carbonyl (C=O) groups is 1. The fourth-order valence-electron chi connectivity index (χ4n) is 1.37. The van der Waals surface area contributed by atoms with Gasteiger partial charge in [0.25, 0.3) is 5.91 Å². The zero-order chi connectivity index (χ0) is 13.8.